The van der Waals surface area contributed by atoms with Gasteiger partial charge in [0.05, 0.1) is 5.41 Å². The van der Waals surface area contributed by atoms with E-state index < -0.39 is 35.0 Å². The predicted octanol–water partition coefficient (Wildman–Crippen LogP) is 2.03. The molecule has 0 atom stereocenters. The van der Waals surface area contributed by atoms with Crippen molar-refractivity contribution in [2.75, 3.05) is 6.54 Å². The summed E-state index contributed by atoms with van der Waals surface area (Å²) < 4.78 is 37.8. The van der Waals surface area contributed by atoms with E-state index in [-0.39, 0.29) is 18.7 Å². The van der Waals surface area contributed by atoms with Gasteiger partial charge in [-0.25, -0.2) is 9.97 Å². The monoisotopic (exact) mass is 319 g/mol. The SMILES string of the molecule is Cc1cc(C(=O)NCCC(C)(C)C(=O)O)nc(C(F)(F)F)n1. The fourth-order valence-electron chi connectivity index (χ4n) is 1.50. The van der Waals surface area contributed by atoms with Gasteiger partial charge in [0.2, 0.25) is 5.82 Å². The Labute approximate surface area is 124 Å². The maximum Gasteiger partial charge on any atom is 0.451 e. The molecule has 2 N–H and O–H groups in total. The van der Waals surface area contributed by atoms with Gasteiger partial charge >= 0.3 is 12.1 Å². The average molecular weight is 319 g/mol. The Hall–Kier alpha value is -2.19. The van der Waals surface area contributed by atoms with E-state index in [4.69, 9.17) is 5.11 Å². The molecule has 1 aromatic heterocycles. The third-order valence-electron chi connectivity index (χ3n) is 2.95. The number of aliphatic carboxylic acids is 1. The van der Waals surface area contributed by atoms with E-state index in [2.05, 4.69) is 15.3 Å². The maximum atomic E-state index is 12.6. The van der Waals surface area contributed by atoms with Crippen molar-refractivity contribution in [3.8, 4) is 0 Å². The molecular weight excluding hydrogens is 303 g/mol. The van der Waals surface area contributed by atoms with E-state index in [0.29, 0.717) is 0 Å². The number of alkyl halides is 3. The molecule has 22 heavy (non-hydrogen) atoms. The van der Waals surface area contributed by atoms with Crippen molar-refractivity contribution < 1.29 is 27.9 Å². The fourth-order valence-corrected chi connectivity index (χ4v) is 1.50. The van der Waals surface area contributed by atoms with E-state index in [1.165, 1.54) is 20.8 Å². The summed E-state index contributed by atoms with van der Waals surface area (Å²) in [5.74, 6) is -3.22. The molecule has 6 nitrogen and oxygen atoms in total. The van der Waals surface area contributed by atoms with Gasteiger partial charge in [0.25, 0.3) is 5.91 Å². The number of aryl methyl sites for hydroxylation is 1. The van der Waals surface area contributed by atoms with E-state index in [9.17, 15) is 22.8 Å². The highest BCUT2D eigenvalue weighted by Crippen LogP contribution is 2.26. The number of halogens is 3. The Morgan fingerprint density at radius 3 is 2.36 bits per heavy atom. The number of nitrogens with zero attached hydrogens (tertiary/aromatic N) is 2. The number of carbonyl (C=O) groups excluding carboxylic acids is 1. The first-order chi connectivity index (χ1) is 9.93. The number of carbonyl (C=O) groups is 2. The van der Waals surface area contributed by atoms with Crippen LogP contribution in [0.2, 0.25) is 0 Å². The Balaban J connectivity index is 2.79. The highest BCUT2D eigenvalue weighted by molar-refractivity contribution is 5.92. The summed E-state index contributed by atoms with van der Waals surface area (Å²) in [5.41, 5.74) is -1.45. The lowest BCUT2D eigenvalue weighted by Gasteiger charge is -2.18. The van der Waals surface area contributed by atoms with E-state index >= 15 is 0 Å². The standard InChI is InChI=1S/C13H16F3N3O3/c1-7-6-8(19-10(18-7)13(14,15)16)9(20)17-5-4-12(2,3)11(21)22/h6H,4-5H2,1-3H3,(H,17,20)(H,21,22). The van der Waals surface area contributed by atoms with E-state index in [0.717, 1.165) is 6.07 Å². The third-order valence-corrected chi connectivity index (χ3v) is 2.95. The molecule has 122 valence electrons. The van der Waals surface area contributed by atoms with Gasteiger partial charge in [-0.1, -0.05) is 0 Å². The first-order valence-corrected chi connectivity index (χ1v) is 6.38. The van der Waals surface area contributed by atoms with Gasteiger partial charge < -0.3 is 10.4 Å². The molecule has 0 aromatic carbocycles. The molecule has 1 aromatic rings. The van der Waals surface area contributed by atoms with Crippen LogP contribution in [-0.4, -0.2) is 33.5 Å². The van der Waals surface area contributed by atoms with Crippen LogP contribution in [0.3, 0.4) is 0 Å². The normalized spacial score (nSPS) is 12.1. The van der Waals surface area contributed by atoms with Crippen molar-refractivity contribution in [3.05, 3.63) is 23.3 Å². The summed E-state index contributed by atoms with van der Waals surface area (Å²) in [5, 5.41) is 11.3. The fraction of sp³-hybridized carbons (Fsp3) is 0.538. The zero-order chi connectivity index (χ0) is 17.1. The number of amides is 1. The van der Waals surface area contributed by atoms with Crippen LogP contribution in [0.5, 0.6) is 0 Å². The zero-order valence-electron chi connectivity index (χ0n) is 12.3. The van der Waals surface area contributed by atoms with Crippen molar-refractivity contribution in [1.82, 2.24) is 15.3 Å². The minimum absolute atomic E-state index is 0.00251. The number of hydrogen-bond acceptors (Lipinski definition) is 4. The second-order valence-corrected chi connectivity index (χ2v) is 5.41. The molecule has 1 heterocycles. The number of hydrogen-bond donors (Lipinski definition) is 2. The van der Waals surface area contributed by atoms with Crippen molar-refractivity contribution in [2.24, 2.45) is 5.41 Å². The quantitative estimate of drug-likeness (QED) is 0.866. The number of aromatic nitrogens is 2. The minimum Gasteiger partial charge on any atom is -0.481 e. The number of rotatable bonds is 5. The molecule has 1 rings (SSSR count). The van der Waals surface area contributed by atoms with Gasteiger partial charge in [-0.3, -0.25) is 9.59 Å². The lowest BCUT2D eigenvalue weighted by molar-refractivity contribution is -0.147. The highest BCUT2D eigenvalue weighted by atomic mass is 19.4. The summed E-state index contributed by atoms with van der Waals surface area (Å²) in [6.45, 7) is 4.29. The average Bonchev–Trinajstić information content (AvgIpc) is 2.36. The number of nitrogens with one attached hydrogen (secondary N) is 1. The van der Waals surface area contributed by atoms with E-state index in [1.807, 2.05) is 0 Å². The second-order valence-electron chi connectivity index (χ2n) is 5.41. The molecule has 0 spiro atoms. The summed E-state index contributed by atoms with van der Waals surface area (Å²) in [4.78, 5) is 29.2. The van der Waals surface area contributed by atoms with Gasteiger partial charge in [-0.05, 0) is 33.3 Å². The molecule has 9 heteroatoms. The van der Waals surface area contributed by atoms with Crippen LogP contribution in [0.25, 0.3) is 0 Å². The van der Waals surface area contributed by atoms with Gasteiger partial charge in [0.15, 0.2) is 0 Å². The lowest BCUT2D eigenvalue weighted by atomic mass is 9.90. The summed E-state index contributed by atoms with van der Waals surface area (Å²) in [7, 11) is 0. The number of carboxylic acid groups (broad SMARTS) is 1. The minimum atomic E-state index is -4.74. The van der Waals surface area contributed by atoms with Crippen molar-refractivity contribution in [2.45, 2.75) is 33.4 Å². The van der Waals surface area contributed by atoms with Gasteiger partial charge in [0, 0.05) is 12.2 Å². The molecule has 0 radical (unpaired) electrons. The molecule has 1 amide bonds. The van der Waals surface area contributed by atoms with Crippen LogP contribution in [0.1, 0.15) is 42.3 Å². The van der Waals surface area contributed by atoms with Crippen LogP contribution in [0.15, 0.2) is 6.07 Å². The smallest absolute Gasteiger partial charge is 0.451 e. The van der Waals surface area contributed by atoms with Crippen LogP contribution >= 0.6 is 0 Å². The topological polar surface area (TPSA) is 92.2 Å². The van der Waals surface area contributed by atoms with Crippen molar-refractivity contribution in [1.29, 1.82) is 0 Å². The van der Waals surface area contributed by atoms with Gasteiger partial charge in [-0.15, -0.1) is 0 Å². The molecule has 0 aliphatic rings. The molecule has 0 aliphatic carbocycles. The largest absolute Gasteiger partial charge is 0.481 e. The first-order valence-electron chi connectivity index (χ1n) is 6.38. The Morgan fingerprint density at radius 2 is 1.86 bits per heavy atom. The molecule has 0 saturated heterocycles. The van der Waals surface area contributed by atoms with Crippen molar-refractivity contribution in [3.63, 3.8) is 0 Å². The third kappa shape index (κ3) is 4.68. The van der Waals surface area contributed by atoms with Gasteiger partial charge in [0.1, 0.15) is 5.69 Å². The molecule has 0 saturated carbocycles. The van der Waals surface area contributed by atoms with Crippen LogP contribution in [0.4, 0.5) is 13.2 Å². The summed E-state index contributed by atoms with van der Waals surface area (Å²) in [6, 6.07) is 1.13. The van der Waals surface area contributed by atoms with Gasteiger partial charge in [-0.2, -0.15) is 13.2 Å². The Morgan fingerprint density at radius 1 is 1.27 bits per heavy atom. The van der Waals surface area contributed by atoms with Crippen molar-refractivity contribution >= 4 is 11.9 Å². The Kier molecular flexibility index (Phi) is 5.10. The molecule has 0 aliphatic heterocycles. The lowest BCUT2D eigenvalue weighted by Crippen LogP contribution is -2.32. The molecule has 0 unspecified atom stereocenters. The predicted molar refractivity (Wildman–Crippen MR) is 70.1 cm³/mol. The van der Waals surface area contributed by atoms with Crippen LogP contribution < -0.4 is 5.32 Å². The van der Waals surface area contributed by atoms with E-state index in [1.54, 1.807) is 0 Å². The van der Waals surface area contributed by atoms with Crippen LogP contribution in [-0.2, 0) is 11.0 Å². The Bertz CT molecular complexity index is 586. The molecule has 0 fully saturated rings. The highest BCUT2D eigenvalue weighted by Gasteiger charge is 2.35. The second kappa shape index (κ2) is 6.29. The molecule has 0 bridgehead atoms. The van der Waals surface area contributed by atoms with Crippen LogP contribution in [0, 0.1) is 12.3 Å². The summed E-state index contributed by atoms with van der Waals surface area (Å²) >= 11 is 0. The zero-order valence-corrected chi connectivity index (χ0v) is 12.3. The first kappa shape index (κ1) is 17.9. The molecular formula is C13H16F3N3O3. The maximum absolute atomic E-state index is 12.6. The number of carboxylic acids is 1. The summed E-state index contributed by atoms with van der Waals surface area (Å²) in [6.07, 6.45) is -4.61.